The highest BCUT2D eigenvalue weighted by atomic mass is 35.5. The highest BCUT2D eigenvalue weighted by molar-refractivity contribution is 6.30. The number of piperazine rings is 1. The van der Waals surface area contributed by atoms with Crippen LogP contribution in [0.25, 0.3) is 0 Å². The molecule has 3 rings (SSSR count). The maximum absolute atomic E-state index is 11.4. The molecule has 0 amide bonds. The quantitative estimate of drug-likeness (QED) is 0.822. The second-order valence-corrected chi connectivity index (χ2v) is 6.98. The van der Waals surface area contributed by atoms with E-state index in [1.807, 2.05) is 29.8 Å². The lowest BCUT2D eigenvalue weighted by Gasteiger charge is -2.41. The van der Waals surface area contributed by atoms with E-state index in [0.717, 1.165) is 43.2 Å². The van der Waals surface area contributed by atoms with Crippen LogP contribution in [0.3, 0.4) is 0 Å². The fraction of sp³-hybridized carbons (Fsp3) is 0.444. The highest BCUT2D eigenvalue weighted by Crippen LogP contribution is 2.28. The third kappa shape index (κ3) is 3.71. The summed E-state index contributed by atoms with van der Waals surface area (Å²) in [5, 5.41) is 0.749. The molecule has 1 aliphatic heterocycles. The monoisotopic (exact) mass is 361 g/mol. The van der Waals surface area contributed by atoms with Gasteiger partial charge >= 0.3 is 0 Å². The third-order valence-corrected chi connectivity index (χ3v) is 5.13. The number of aromatic nitrogens is 2. The number of aryl methyl sites for hydroxylation is 2. The minimum absolute atomic E-state index is 0.160. The molecule has 0 bridgehead atoms. The number of nitrogens with two attached hydrogens (primary N) is 1. The second-order valence-electron chi connectivity index (χ2n) is 6.54. The van der Waals surface area contributed by atoms with Crippen LogP contribution in [0.15, 0.2) is 30.7 Å². The average Bonchev–Trinajstić information content (AvgIpc) is 3.03. The molecule has 1 aromatic carbocycles. The number of aldehydes is 1. The van der Waals surface area contributed by atoms with E-state index in [4.69, 9.17) is 17.3 Å². The fourth-order valence-corrected chi connectivity index (χ4v) is 3.69. The fourth-order valence-electron chi connectivity index (χ4n) is 3.52. The molecule has 25 heavy (non-hydrogen) atoms. The number of benzene rings is 1. The van der Waals surface area contributed by atoms with Crippen molar-refractivity contribution in [3.63, 3.8) is 0 Å². The largest absolute Gasteiger partial charge is 0.369 e. The first kappa shape index (κ1) is 17.9. The summed E-state index contributed by atoms with van der Waals surface area (Å²) in [5.41, 5.74) is 9.46. The van der Waals surface area contributed by atoms with Crippen molar-refractivity contribution in [3.8, 4) is 0 Å². The molecule has 2 unspecified atom stereocenters. The Bertz CT molecular complexity index is 739. The normalized spacial score (nSPS) is 18.2. The molecule has 0 radical (unpaired) electrons. The molecule has 134 valence electrons. The van der Waals surface area contributed by atoms with Crippen molar-refractivity contribution >= 4 is 23.6 Å². The molecule has 0 saturated carbocycles. The molecule has 7 heteroatoms. The van der Waals surface area contributed by atoms with E-state index in [2.05, 4.69) is 21.7 Å². The summed E-state index contributed by atoms with van der Waals surface area (Å²) in [4.78, 5) is 20.1. The van der Waals surface area contributed by atoms with Gasteiger partial charge < -0.3 is 20.0 Å². The Morgan fingerprint density at radius 3 is 2.60 bits per heavy atom. The van der Waals surface area contributed by atoms with Crippen LogP contribution in [0.1, 0.15) is 17.3 Å². The summed E-state index contributed by atoms with van der Waals surface area (Å²) in [5.74, 6) is 0. The lowest BCUT2D eigenvalue weighted by Crippen LogP contribution is -2.52. The van der Waals surface area contributed by atoms with Gasteiger partial charge in [0.1, 0.15) is 6.29 Å². The molecular weight excluding hydrogens is 338 g/mol. The molecule has 1 aliphatic rings. The molecular formula is C18H24ClN5O. The number of hydrogen-bond acceptors (Lipinski definition) is 5. The predicted molar refractivity (Wildman–Crippen MR) is 100.0 cm³/mol. The first-order chi connectivity index (χ1) is 12.0. The predicted octanol–water partition coefficient (Wildman–Crippen LogP) is 1.77. The van der Waals surface area contributed by atoms with Crippen molar-refractivity contribution in [2.24, 2.45) is 12.8 Å². The summed E-state index contributed by atoms with van der Waals surface area (Å²) in [6.07, 6.45) is 4.36. The first-order valence-corrected chi connectivity index (χ1v) is 8.81. The van der Waals surface area contributed by atoms with E-state index < -0.39 is 6.04 Å². The number of nitrogens with zero attached hydrogens (tertiary/aromatic N) is 4. The number of anilines is 1. The Morgan fingerprint density at radius 2 is 2.00 bits per heavy atom. The number of carbonyl (C=O) groups is 1. The van der Waals surface area contributed by atoms with Crippen LogP contribution >= 0.6 is 11.6 Å². The van der Waals surface area contributed by atoms with Gasteiger partial charge in [-0.2, -0.15) is 0 Å². The van der Waals surface area contributed by atoms with E-state index in [0.29, 0.717) is 0 Å². The van der Waals surface area contributed by atoms with Crippen molar-refractivity contribution in [3.05, 3.63) is 47.0 Å². The Labute approximate surface area is 153 Å². The summed E-state index contributed by atoms with van der Waals surface area (Å²) in [6.45, 7) is 5.47. The maximum atomic E-state index is 11.4. The highest BCUT2D eigenvalue weighted by Gasteiger charge is 2.31. The van der Waals surface area contributed by atoms with E-state index in [1.165, 1.54) is 11.3 Å². The van der Waals surface area contributed by atoms with Gasteiger partial charge in [0.05, 0.1) is 24.1 Å². The minimum atomic E-state index is -0.574. The zero-order valence-corrected chi connectivity index (χ0v) is 15.4. The van der Waals surface area contributed by atoms with Gasteiger partial charge in [0.15, 0.2) is 0 Å². The average molecular weight is 362 g/mol. The van der Waals surface area contributed by atoms with Crippen LogP contribution in [-0.4, -0.2) is 53.0 Å². The van der Waals surface area contributed by atoms with Crippen molar-refractivity contribution in [1.29, 1.82) is 0 Å². The van der Waals surface area contributed by atoms with Gasteiger partial charge in [0.2, 0.25) is 0 Å². The van der Waals surface area contributed by atoms with E-state index in [9.17, 15) is 4.79 Å². The van der Waals surface area contributed by atoms with Gasteiger partial charge in [-0.05, 0) is 24.6 Å². The topological polar surface area (TPSA) is 67.4 Å². The molecule has 2 atom stereocenters. The standard InChI is InChI=1S/C18H24ClN5O/c1-13-3-4-14(19)9-16(13)23-5-7-24(8-6-23)18(15(20)11-25)17-10-21-12-22(17)2/h3-4,9-12,15,18H,5-8,20H2,1-2H3. The summed E-state index contributed by atoms with van der Waals surface area (Å²) < 4.78 is 1.93. The number of halogens is 1. The lowest BCUT2D eigenvalue weighted by molar-refractivity contribution is -0.110. The smallest absolute Gasteiger partial charge is 0.138 e. The number of imidazole rings is 1. The van der Waals surface area contributed by atoms with Crippen LogP contribution in [-0.2, 0) is 11.8 Å². The molecule has 2 N–H and O–H groups in total. The van der Waals surface area contributed by atoms with Gasteiger partial charge in [-0.15, -0.1) is 0 Å². The maximum Gasteiger partial charge on any atom is 0.138 e. The van der Waals surface area contributed by atoms with Gasteiger partial charge in [0.25, 0.3) is 0 Å². The van der Waals surface area contributed by atoms with Crippen LogP contribution in [0.4, 0.5) is 5.69 Å². The van der Waals surface area contributed by atoms with Gasteiger partial charge in [-0.25, -0.2) is 4.98 Å². The zero-order chi connectivity index (χ0) is 18.0. The molecule has 2 aromatic rings. The molecule has 2 heterocycles. The van der Waals surface area contributed by atoms with Gasteiger partial charge in [-0.1, -0.05) is 17.7 Å². The van der Waals surface area contributed by atoms with E-state index >= 15 is 0 Å². The minimum Gasteiger partial charge on any atom is -0.369 e. The summed E-state index contributed by atoms with van der Waals surface area (Å²) >= 11 is 6.16. The van der Waals surface area contributed by atoms with Crippen molar-refractivity contribution < 1.29 is 4.79 Å². The lowest BCUT2D eigenvalue weighted by atomic mass is 10.0. The molecule has 1 aromatic heterocycles. The van der Waals surface area contributed by atoms with Crippen LogP contribution < -0.4 is 10.6 Å². The Hall–Kier alpha value is -1.89. The number of rotatable bonds is 5. The van der Waals surface area contributed by atoms with Crippen molar-refractivity contribution in [2.75, 3.05) is 31.1 Å². The van der Waals surface area contributed by atoms with Crippen LogP contribution in [0.2, 0.25) is 5.02 Å². The summed E-state index contributed by atoms with van der Waals surface area (Å²) in [6, 6.07) is 5.24. The Morgan fingerprint density at radius 1 is 1.28 bits per heavy atom. The summed E-state index contributed by atoms with van der Waals surface area (Å²) in [7, 11) is 1.93. The van der Waals surface area contributed by atoms with E-state index in [1.54, 1.807) is 12.5 Å². The van der Waals surface area contributed by atoms with Crippen molar-refractivity contribution in [2.45, 2.75) is 19.0 Å². The van der Waals surface area contributed by atoms with Crippen molar-refractivity contribution in [1.82, 2.24) is 14.5 Å². The molecule has 1 saturated heterocycles. The Balaban J connectivity index is 1.76. The van der Waals surface area contributed by atoms with E-state index in [-0.39, 0.29) is 6.04 Å². The SMILES string of the molecule is Cc1ccc(Cl)cc1N1CCN(C(c2cncn2C)C(N)C=O)CC1. The zero-order valence-electron chi connectivity index (χ0n) is 14.6. The molecule has 6 nitrogen and oxygen atoms in total. The molecule has 0 aliphatic carbocycles. The van der Waals surface area contributed by atoms with Gasteiger partial charge in [0, 0.05) is 50.1 Å². The second kappa shape index (κ2) is 7.56. The molecule has 1 fully saturated rings. The molecule has 0 spiro atoms. The first-order valence-electron chi connectivity index (χ1n) is 8.43. The number of hydrogen-bond donors (Lipinski definition) is 1. The van der Waals surface area contributed by atoms with Crippen LogP contribution in [0, 0.1) is 6.92 Å². The number of carbonyl (C=O) groups excluding carboxylic acids is 1. The Kier molecular flexibility index (Phi) is 5.42. The van der Waals surface area contributed by atoms with Gasteiger partial charge in [-0.3, -0.25) is 4.90 Å². The van der Waals surface area contributed by atoms with Crippen LogP contribution in [0.5, 0.6) is 0 Å². The third-order valence-electron chi connectivity index (χ3n) is 4.90.